The lowest BCUT2D eigenvalue weighted by Crippen LogP contribution is -2.55. The molecule has 43 heavy (non-hydrogen) atoms. The number of ether oxygens (including phenoxy) is 1. The Balaban J connectivity index is 1.15. The summed E-state index contributed by atoms with van der Waals surface area (Å²) in [6.07, 6.45) is 4.56. The fourth-order valence-electron chi connectivity index (χ4n) is 6.50. The van der Waals surface area contributed by atoms with Crippen molar-refractivity contribution in [1.29, 1.82) is 0 Å². The van der Waals surface area contributed by atoms with Gasteiger partial charge in [-0.1, -0.05) is 128 Å². The number of para-hydroxylation sites is 2. The molecule has 4 heteroatoms. The average Bonchev–Trinajstić information content (AvgIpc) is 3.53. The Morgan fingerprint density at radius 2 is 1.21 bits per heavy atom. The molecule has 1 aliphatic rings. The fourth-order valence-corrected chi connectivity index (χ4v) is 6.50. The van der Waals surface area contributed by atoms with Gasteiger partial charge in [0.25, 0.3) is 0 Å². The number of hydrogen-bond acceptors (Lipinski definition) is 4. The van der Waals surface area contributed by atoms with E-state index >= 15 is 0 Å². The van der Waals surface area contributed by atoms with E-state index in [1.54, 1.807) is 0 Å². The van der Waals surface area contributed by atoms with Crippen LogP contribution >= 0.6 is 0 Å². The third kappa shape index (κ3) is 5.64. The van der Waals surface area contributed by atoms with E-state index in [0.717, 1.165) is 35.1 Å². The Morgan fingerprint density at radius 1 is 0.651 bits per heavy atom. The SMILES string of the molecule is c1ccc(C(NC2CCCCC2OCc2ccc(-c3nc4ccccc4o3)cc2)(c2ccccc2)c2ccccc2)cc1. The minimum atomic E-state index is -0.505. The number of nitrogens with one attached hydrogen (secondary N) is 1. The molecule has 7 rings (SSSR count). The maximum Gasteiger partial charge on any atom is 0.227 e. The van der Waals surface area contributed by atoms with Crippen LogP contribution in [0.25, 0.3) is 22.6 Å². The number of benzene rings is 5. The molecule has 2 atom stereocenters. The predicted octanol–water partition coefficient (Wildman–Crippen LogP) is 8.90. The lowest BCUT2D eigenvalue weighted by molar-refractivity contribution is -0.0105. The molecule has 0 saturated heterocycles. The lowest BCUT2D eigenvalue weighted by atomic mass is 9.75. The Bertz CT molecular complexity index is 1620. The van der Waals surface area contributed by atoms with E-state index in [1.807, 2.05) is 24.3 Å². The van der Waals surface area contributed by atoms with Crippen LogP contribution in [0, 0.1) is 0 Å². The quantitative estimate of drug-likeness (QED) is 0.178. The topological polar surface area (TPSA) is 47.3 Å². The van der Waals surface area contributed by atoms with Gasteiger partial charge in [0.2, 0.25) is 5.89 Å². The Morgan fingerprint density at radius 3 is 1.81 bits per heavy atom. The monoisotopic (exact) mass is 564 g/mol. The van der Waals surface area contributed by atoms with Gasteiger partial charge in [0.15, 0.2) is 5.58 Å². The molecular formula is C39H36N2O2. The molecule has 1 saturated carbocycles. The second kappa shape index (κ2) is 12.4. The third-order valence-electron chi connectivity index (χ3n) is 8.68. The maximum absolute atomic E-state index is 6.73. The largest absolute Gasteiger partial charge is 0.436 e. The minimum Gasteiger partial charge on any atom is -0.436 e. The third-order valence-corrected chi connectivity index (χ3v) is 8.68. The molecule has 0 aliphatic heterocycles. The van der Waals surface area contributed by atoms with Gasteiger partial charge in [-0.15, -0.1) is 0 Å². The van der Waals surface area contributed by atoms with E-state index in [0.29, 0.717) is 12.5 Å². The number of nitrogens with zero attached hydrogens (tertiary/aromatic N) is 1. The summed E-state index contributed by atoms with van der Waals surface area (Å²) in [7, 11) is 0. The zero-order valence-electron chi connectivity index (χ0n) is 24.2. The van der Waals surface area contributed by atoms with Gasteiger partial charge in [0, 0.05) is 11.6 Å². The number of rotatable bonds is 9. The summed E-state index contributed by atoms with van der Waals surface area (Å²) in [5, 5.41) is 4.20. The highest BCUT2D eigenvalue weighted by molar-refractivity contribution is 5.76. The first-order chi connectivity index (χ1) is 21.3. The number of fused-ring (bicyclic) bond motifs is 1. The van der Waals surface area contributed by atoms with Gasteiger partial charge >= 0.3 is 0 Å². The second-order valence-electron chi connectivity index (χ2n) is 11.4. The van der Waals surface area contributed by atoms with Crippen LogP contribution in [-0.2, 0) is 16.9 Å². The summed E-state index contributed by atoms with van der Waals surface area (Å²) in [6, 6.07) is 49.0. The van der Waals surface area contributed by atoms with Crippen molar-refractivity contribution in [3.05, 3.63) is 162 Å². The molecule has 0 amide bonds. The molecular weight excluding hydrogens is 528 g/mol. The highest BCUT2D eigenvalue weighted by Gasteiger charge is 2.40. The molecule has 0 bridgehead atoms. The Hall–Kier alpha value is -4.51. The van der Waals surface area contributed by atoms with Crippen LogP contribution < -0.4 is 5.32 Å². The molecule has 0 radical (unpaired) electrons. The Labute approximate surface area is 253 Å². The molecule has 1 fully saturated rings. The van der Waals surface area contributed by atoms with E-state index in [1.165, 1.54) is 29.5 Å². The fraction of sp³-hybridized carbons (Fsp3) is 0.205. The normalized spacial score (nSPS) is 17.2. The van der Waals surface area contributed by atoms with Crippen molar-refractivity contribution in [2.75, 3.05) is 0 Å². The molecule has 5 aromatic carbocycles. The zero-order valence-corrected chi connectivity index (χ0v) is 24.2. The molecule has 1 aliphatic carbocycles. The van der Waals surface area contributed by atoms with Crippen LogP contribution in [0.2, 0.25) is 0 Å². The highest BCUT2D eigenvalue weighted by Crippen LogP contribution is 2.39. The molecule has 1 heterocycles. The molecule has 214 valence electrons. The average molecular weight is 565 g/mol. The standard InChI is InChI=1S/C39H36N2O2/c1-4-14-31(15-5-1)39(32-16-6-2-7-17-32,33-18-8-3-9-19-33)41-35-21-11-12-22-36(35)42-28-29-24-26-30(27-25-29)38-40-34-20-10-13-23-37(34)43-38/h1-10,13-20,23-27,35-36,41H,11-12,21-22,28H2. The van der Waals surface area contributed by atoms with Crippen molar-refractivity contribution in [3.8, 4) is 11.5 Å². The van der Waals surface area contributed by atoms with Gasteiger partial charge in [-0.3, -0.25) is 5.32 Å². The number of oxazole rings is 1. The first-order valence-corrected chi connectivity index (χ1v) is 15.3. The first-order valence-electron chi connectivity index (χ1n) is 15.3. The number of aromatic nitrogens is 1. The lowest BCUT2D eigenvalue weighted by Gasteiger charge is -2.43. The molecule has 0 spiro atoms. The van der Waals surface area contributed by atoms with Crippen molar-refractivity contribution < 1.29 is 9.15 Å². The van der Waals surface area contributed by atoms with E-state index < -0.39 is 5.54 Å². The van der Waals surface area contributed by atoms with E-state index in [9.17, 15) is 0 Å². The van der Waals surface area contributed by atoms with Gasteiger partial charge in [0.05, 0.1) is 18.2 Å². The second-order valence-corrected chi connectivity index (χ2v) is 11.4. The maximum atomic E-state index is 6.73. The summed E-state index contributed by atoms with van der Waals surface area (Å²) < 4.78 is 12.7. The summed E-state index contributed by atoms with van der Waals surface area (Å²) in [6.45, 7) is 0.561. The first kappa shape index (κ1) is 27.3. The van der Waals surface area contributed by atoms with Crippen LogP contribution in [0.15, 0.2) is 144 Å². The van der Waals surface area contributed by atoms with Crippen molar-refractivity contribution in [1.82, 2.24) is 10.3 Å². The van der Waals surface area contributed by atoms with Crippen LogP contribution in [0.5, 0.6) is 0 Å². The van der Waals surface area contributed by atoms with Gasteiger partial charge in [-0.25, -0.2) is 4.98 Å². The summed E-state index contributed by atoms with van der Waals surface area (Å²) in [4.78, 5) is 4.64. The van der Waals surface area contributed by atoms with Gasteiger partial charge in [-0.2, -0.15) is 0 Å². The smallest absolute Gasteiger partial charge is 0.227 e. The zero-order chi connectivity index (χ0) is 28.9. The summed E-state index contributed by atoms with van der Waals surface area (Å²) >= 11 is 0. The van der Waals surface area contributed by atoms with Crippen LogP contribution in [0.4, 0.5) is 0 Å². The molecule has 6 aromatic rings. The van der Waals surface area contributed by atoms with E-state index in [-0.39, 0.29) is 12.1 Å². The molecule has 1 aromatic heterocycles. The van der Waals surface area contributed by atoms with Crippen LogP contribution in [0.3, 0.4) is 0 Å². The van der Waals surface area contributed by atoms with Crippen molar-refractivity contribution in [2.45, 2.75) is 50.0 Å². The van der Waals surface area contributed by atoms with Gasteiger partial charge in [-0.05, 0) is 59.4 Å². The van der Waals surface area contributed by atoms with Crippen molar-refractivity contribution in [3.63, 3.8) is 0 Å². The molecule has 2 unspecified atom stereocenters. The van der Waals surface area contributed by atoms with Crippen molar-refractivity contribution in [2.24, 2.45) is 0 Å². The van der Waals surface area contributed by atoms with Crippen LogP contribution in [0.1, 0.15) is 47.9 Å². The molecule has 4 nitrogen and oxygen atoms in total. The van der Waals surface area contributed by atoms with E-state index in [4.69, 9.17) is 9.15 Å². The van der Waals surface area contributed by atoms with Gasteiger partial charge in [0.1, 0.15) is 5.52 Å². The van der Waals surface area contributed by atoms with E-state index in [2.05, 4.69) is 126 Å². The number of hydrogen-bond donors (Lipinski definition) is 1. The Kier molecular flexibility index (Phi) is 7.87. The van der Waals surface area contributed by atoms with Crippen molar-refractivity contribution >= 4 is 11.1 Å². The molecule has 1 N–H and O–H groups in total. The minimum absolute atomic E-state index is 0.0981. The summed E-state index contributed by atoms with van der Waals surface area (Å²) in [5.74, 6) is 0.643. The summed E-state index contributed by atoms with van der Waals surface area (Å²) in [5.41, 5.74) is 6.97. The predicted molar refractivity (Wildman–Crippen MR) is 173 cm³/mol. The van der Waals surface area contributed by atoms with Gasteiger partial charge < -0.3 is 9.15 Å². The van der Waals surface area contributed by atoms with Crippen LogP contribution in [-0.4, -0.2) is 17.1 Å². The highest BCUT2D eigenvalue weighted by atomic mass is 16.5.